The fourth-order valence-electron chi connectivity index (χ4n) is 1.97. The third kappa shape index (κ3) is 2.23. The van der Waals surface area contributed by atoms with Gasteiger partial charge in [0.2, 0.25) is 0 Å². The molecule has 18 heavy (non-hydrogen) atoms. The number of pyridine rings is 1. The van der Waals surface area contributed by atoms with Crippen molar-refractivity contribution in [3.05, 3.63) is 45.5 Å². The van der Waals surface area contributed by atoms with Crippen LogP contribution >= 0.6 is 0 Å². The van der Waals surface area contributed by atoms with E-state index in [9.17, 15) is 4.79 Å². The summed E-state index contributed by atoms with van der Waals surface area (Å²) in [6.07, 6.45) is 1.75. The van der Waals surface area contributed by atoms with E-state index in [0.717, 1.165) is 22.6 Å². The fraction of sp³-hybridized carbons (Fsp3) is 0.429. The molecule has 0 atom stereocenters. The maximum atomic E-state index is 12.0. The minimum absolute atomic E-state index is 0.0659. The SMILES string of the molecule is C=C(NCc1c(C)n2c(cc1=O)C=NC2)C(C)C. The van der Waals surface area contributed by atoms with Gasteiger partial charge >= 0.3 is 0 Å². The Balaban J connectivity index is 2.25. The van der Waals surface area contributed by atoms with Crippen LogP contribution in [0.3, 0.4) is 0 Å². The lowest BCUT2D eigenvalue weighted by molar-refractivity contribution is 0.641. The summed E-state index contributed by atoms with van der Waals surface area (Å²) >= 11 is 0. The Morgan fingerprint density at radius 2 is 2.33 bits per heavy atom. The molecule has 2 rings (SSSR count). The highest BCUT2D eigenvalue weighted by molar-refractivity contribution is 5.79. The molecule has 0 bridgehead atoms. The quantitative estimate of drug-likeness (QED) is 0.879. The van der Waals surface area contributed by atoms with Crippen LogP contribution in [-0.4, -0.2) is 10.8 Å². The van der Waals surface area contributed by atoms with E-state index in [1.807, 2.05) is 6.92 Å². The molecule has 4 heteroatoms. The Hall–Kier alpha value is -1.84. The number of allylic oxidation sites excluding steroid dienone is 1. The molecular weight excluding hydrogens is 226 g/mol. The number of rotatable bonds is 4. The third-order valence-corrected chi connectivity index (χ3v) is 3.37. The van der Waals surface area contributed by atoms with E-state index < -0.39 is 0 Å². The normalized spacial score (nSPS) is 12.9. The highest BCUT2D eigenvalue weighted by Crippen LogP contribution is 2.12. The van der Waals surface area contributed by atoms with Gasteiger partial charge in [0, 0.05) is 35.8 Å². The third-order valence-electron chi connectivity index (χ3n) is 3.37. The molecule has 0 fully saturated rings. The van der Waals surface area contributed by atoms with Crippen LogP contribution in [0.4, 0.5) is 0 Å². The molecule has 2 heterocycles. The number of hydrogen-bond donors (Lipinski definition) is 1. The minimum atomic E-state index is 0.0659. The molecule has 0 saturated heterocycles. The van der Waals surface area contributed by atoms with Crippen LogP contribution in [0.1, 0.15) is 30.8 Å². The van der Waals surface area contributed by atoms with E-state index in [0.29, 0.717) is 19.1 Å². The van der Waals surface area contributed by atoms with Gasteiger partial charge in [-0.15, -0.1) is 0 Å². The zero-order chi connectivity index (χ0) is 13.3. The van der Waals surface area contributed by atoms with Crippen molar-refractivity contribution in [2.45, 2.75) is 34.0 Å². The van der Waals surface area contributed by atoms with Crippen LogP contribution in [-0.2, 0) is 13.2 Å². The molecule has 0 unspecified atom stereocenters. The molecule has 0 aliphatic carbocycles. The van der Waals surface area contributed by atoms with Crippen molar-refractivity contribution >= 4 is 6.21 Å². The second kappa shape index (κ2) is 4.80. The second-order valence-electron chi connectivity index (χ2n) is 4.91. The first kappa shape index (κ1) is 12.6. The van der Waals surface area contributed by atoms with Crippen LogP contribution < -0.4 is 10.7 Å². The average Bonchev–Trinajstić information content (AvgIpc) is 2.76. The predicted molar refractivity (Wildman–Crippen MR) is 73.9 cm³/mol. The summed E-state index contributed by atoms with van der Waals surface area (Å²) in [6.45, 7) is 11.2. The number of aliphatic imine (C=N–C) groups is 1. The average molecular weight is 245 g/mol. The second-order valence-corrected chi connectivity index (χ2v) is 4.91. The van der Waals surface area contributed by atoms with Gasteiger partial charge in [0.1, 0.15) is 6.67 Å². The van der Waals surface area contributed by atoms with E-state index in [2.05, 4.69) is 35.3 Å². The molecule has 0 aromatic carbocycles. The van der Waals surface area contributed by atoms with Crippen molar-refractivity contribution in [1.82, 2.24) is 9.88 Å². The van der Waals surface area contributed by atoms with Gasteiger partial charge in [-0.05, 0) is 12.8 Å². The maximum absolute atomic E-state index is 12.0. The predicted octanol–water partition coefficient (Wildman–Crippen LogP) is 1.81. The lowest BCUT2D eigenvalue weighted by Crippen LogP contribution is -2.25. The monoisotopic (exact) mass is 245 g/mol. The minimum Gasteiger partial charge on any atom is -0.384 e. The smallest absolute Gasteiger partial charge is 0.187 e. The number of fused-ring (bicyclic) bond motifs is 1. The van der Waals surface area contributed by atoms with E-state index in [1.165, 1.54) is 0 Å². The van der Waals surface area contributed by atoms with Crippen molar-refractivity contribution in [3.8, 4) is 0 Å². The Morgan fingerprint density at radius 3 is 3.00 bits per heavy atom. The summed E-state index contributed by atoms with van der Waals surface area (Å²) in [7, 11) is 0. The molecule has 0 spiro atoms. The number of nitrogens with zero attached hydrogens (tertiary/aromatic N) is 2. The van der Waals surface area contributed by atoms with E-state index >= 15 is 0 Å². The topological polar surface area (TPSA) is 46.4 Å². The lowest BCUT2D eigenvalue weighted by atomic mass is 10.1. The number of aromatic nitrogens is 1. The standard InChI is InChI=1S/C14H19N3O/c1-9(2)10(3)16-7-13-11(4)17-8-15-6-12(17)5-14(13)18/h5-6,9,16H,3,7-8H2,1-2,4H3. The Kier molecular flexibility index (Phi) is 3.36. The fourth-order valence-corrected chi connectivity index (χ4v) is 1.97. The summed E-state index contributed by atoms with van der Waals surface area (Å²) in [4.78, 5) is 16.2. The first-order valence-corrected chi connectivity index (χ1v) is 6.16. The van der Waals surface area contributed by atoms with Crippen molar-refractivity contribution in [2.24, 2.45) is 10.9 Å². The molecule has 0 amide bonds. The molecule has 96 valence electrons. The first-order chi connectivity index (χ1) is 8.50. The van der Waals surface area contributed by atoms with E-state index in [4.69, 9.17) is 0 Å². The number of nitrogens with one attached hydrogen (secondary N) is 1. The zero-order valence-corrected chi connectivity index (χ0v) is 11.2. The molecule has 1 aliphatic heterocycles. The van der Waals surface area contributed by atoms with Crippen molar-refractivity contribution < 1.29 is 0 Å². The van der Waals surface area contributed by atoms with Gasteiger partial charge in [-0.1, -0.05) is 20.4 Å². The van der Waals surface area contributed by atoms with Gasteiger partial charge in [-0.2, -0.15) is 0 Å². The van der Waals surface area contributed by atoms with Gasteiger partial charge in [0.05, 0.1) is 5.69 Å². The molecule has 0 saturated carbocycles. The molecule has 1 aliphatic rings. The molecular formula is C14H19N3O. The van der Waals surface area contributed by atoms with Gasteiger partial charge < -0.3 is 9.88 Å². The van der Waals surface area contributed by atoms with Crippen molar-refractivity contribution in [3.63, 3.8) is 0 Å². The summed E-state index contributed by atoms with van der Waals surface area (Å²) in [5, 5.41) is 3.22. The number of hydrogen-bond acceptors (Lipinski definition) is 3. The summed E-state index contributed by atoms with van der Waals surface area (Å²) in [5.41, 5.74) is 3.70. The zero-order valence-electron chi connectivity index (χ0n) is 11.2. The van der Waals surface area contributed by atoms with Crippen LogP contribution in [0.15, 0.2) is 28.1 Å². The van der Waals surface area contributed by atoms with Gasteiger partial charge in [-0.25, -0.2) is 0 Å². The van der Waals surface area contributed by atoms with Crippen LogP contribution in [0.2, 0.25) is 0 Å². The molecule has 0 radical (unpaired) electrons. The van der Waals surface area contributed by atoms with Crippen LogP contribution in [0.5, 0.6) is 0 Å². The molecule has 4 nitrogen and oxygen atoms in total. The Bertz CT molecular complexity index is 567. The molecule has 1 aromatic heterocycles. The highest BCUT2D eigenvalue weighted by atomic mass is 16.1. The van der Waals surface area contributed by atoms with E-state index in [-0.39, 0.29) is 5.43 Å². The lowest BCUT2D eigenvalue weighted by Gasteiger charge is -2.16. The first-order valence-electron chi connectivity index (χ1n) is 6.16. The summed E-state index contributed by atoms with van der Waals surface area (Å²) in [6, 6.07) is 1.65. The van der Waals surface area contributed by atoms with E-state index in [1.54, 1.807) is 12.3 Å². The summed E-state index contributed by atoms with van der Waals surface area (Å²) < 4.78 is 2.05. The van der Waals surface area contributed by atoms with Crippen molar-refractivity contribution in [2.75, 3.05) is 0 Å². The van der Waals surface area contributed by atoms with Crippen LogP contribution in [0, 0.1) is 12.8 Å². The van der Waals surface area contributed by atoms with Gasteiger partial charge in [-0.3, -0.25) is 9.79 Å². The Morgan fingerprint density at radius 1 is 1.61 bits per heavy atom. The van der Waals surface area contributed by atoms with Gasteiger partial charge in [0.15, 0.2) is 5.43 Å². The summed E-state index contributed by atoms with van der Waals surface area (Å²) in [5.74, 6) is 0.367. The van der Waals surface area contributed by atoms with Crippen molar-refractivity contribution in [1.29, 1.82) is 0 Å². The molecule has 1 N–H and O–H groups in total. The van der Waals surface area contributed by atoms with Crippen LogP contribution in [0.25, 0.3) is 0 Å². The Labute approximate surface area is 107 Å². The molecule has 1 aromatic rings. The maximum Gasteiger partial charge on any atom is 0.187 e. The van der Waals surface area contributed by atoms with Gasteiger partial charge in [0.25, 0.3) is 0 Å². The highest BCUT2D eigenvalue weighted by Gasteiger charge is 2.14. The largest absolute Gasteiger partial charge is 0.384 e.